The van der Waals surface area contributed by atoms with Crippen LogP contribution in [0.3, 0.4) is 0 Å². The van der Waals surface area contributed by atoms with Gasteiger partial charge in [0.25, 0.3) is 11.8 Å². The van der Waals surface area contributed by atoms with Gasteiger partial charge < -0.3 is 5.32 Å². The summed E-state index contributed by atoms with van der Waals surface area (Å²) in [6.45, 7) is 10.4. The fourth-order valence-corrected chi connectivity index (χ4v) is 2.10. The van der Waals surface area contributed by atoms with Crippen LogP contribution in [0.15, 0.2) is 12.2 Å². The summed E-state index contributed by atoms with van der Waals surface area (Å²) in [6.07, 6.45) is 3.00. The number of hydrogen-bond acceptors (Lipinski definition) is 3. The van der Waals surface area contributed by atoms with E-state index in [4.69, 9.17) is 0 Å². The first-order valence-corrected chi connectivity index (χ1v) is 6.95. The van der Waals surface area contributed by atoms with Crippen LogP contribution >= 0.6 is 0 Å². The average Bonchev–Trinajstić information content (AvgIpc) is 2.64. The summed E-state index contributed by atoms with van der Waals surface area (Å²) in [5.74, 6) is -0.887. The number of carbonyl (C=O) groups is 3. The van der Waals surface area contributed by atoms with Crippen molar-refractivity contribution in [2.45, 2.75) is 47.1 Å². The van der Waals surface area contributed by atoms with Gasteiger partial charge in [-0.3, -0.25) is 19.3 Å². The molecule has 0 aromatic carbocycles. The lowest BCUT2D eigenvalue weighted by molar-refractivity contribution is -0.140. The largest absolute Gasteiger partial charge is 0.355 e. The van der Waals surface area contributed by atoms with Gasteiger partial charge in [0, 0.05) is 30.7 Å². The maximum absolute atomic E-state index is 12.0. The maximum Gasteiger partial charge on any atom is 0.253 e. The summed E-state index contributed by atoms with van der Waals surface area (Å²) in [4.78, 5) is 36.3. The Hall–Kier alpha value is -1.65. The van der Waals surface area contributed by atoms with Crippen molar-refractivity contribution in [3.05, 3.63) is 12.2 Å². The Balaban J connectivity index is 2.49. The highest BCUT2D eigenvalue weighted by atomic mass is 16.2. The minimum atomic E-state index is -0.301. The highest BCUT2D eigenvalue weighted by Crippen LogP contribution is 2.17. The second kappa shape index (κ2) is 6.20. The van der Waals surface area contributed by atoms with Crippen molar-refractivity contribution in [1.82, 2.24) is 10.2 Å². The quantitative estimate of drug-likeness (QED) is 0.776. The third-order valence-corrected chi connectivity index (χ3v) is 3.22. The van der Waals surface area contributed by atoms with Gasteiger partial charge in [0.05, 0.1) is 0 Å². The Morgan fingerprint density at radius 2 is 1.70 bits per heavy atom. The zero-order valence-electron chi connectivity index (χ0n) is 12.9. The molecule has 1 aliphatic heterocycles. The van der Waals surface area contributed by atoms with Gasteiger partial charge >= 0.3 is 0 Å². The third-order valence-electron chi connectivity index (χ3n) is 3.22. The van der Waals surface area contributed by atoms with Gasteiger partial charge in [0.2, 0.25) is 5.91 Å². The number of nitrogens with one attached hydrogen (secondary N) is 1. The van der Waals surface area contributed by atoms with E-state index in [9.17, 15) is 14.4 Å². The molecule has 1 N–H and O–H groups in total. The summed E-state index contributed by atoms with van der Waals surface area (Å²) < 4.78 is 0. The van der Waals surface area contributed by atoms with E-state index in [1.165, 1.54) is 17.1 Å². The molecule has 1 rings (SSSR count). The average molecular weight is 280 g/mol. The van der Waals surface area contributed by atoms with Crippen molar-refractivity contribution in [1.29, 1.82) is 0 Å². The summed E-state index contributed by atoms with van der Waals surface area (Å²) in [5, 5.41) is 2.90. The monoisotopic (exact) mass is 280 g/mol. The van der Waals surface area contributed by atoms with Crippen molar-refractivity contribution < 1.29 is 14.4 Å². The first-order valence-electron chi connectivity index (χ1n) is 6.95. The van der Waals surface area contributed by atoms with Crippen LogP contribution in [0, 0.1) is 11.3 Å². The molecule has 0 saturated carbocycles. The Labute approximate surface area is 120 Å². The van der Waals surface area contributed by atoms with E-state index in [0.29, 0.717) is 13.0 Å². The number of rotatable bonds is 5. The molecular formula is C15H24N2O3. The first kappa shape index (κ1) is 16.4. The van der Waals surface area contributed by atoms with Crippen LogP contribution in [-0.2, 0) is 14.4 Å². The standard InChI is InChI=1S/C15H24N2O3/c1-10(14(20)16-9-15(3,4)5)8-11(2)17-12(18)6-7-13(17)19/h6-7,10-11H,8-9H2,1-5H3,(H,16,20). The molecule has 0 fully saturated rings. The number of hydrogen-bond donors (Lipinski definition) is 1. The first-order chi connectivity index (χ1) is 9.11. The van der Waals surface area contributed by atoms with Crippen molar-refractivity contribution in [2.75, 3.05) is 6.54 Å². The topological polar surface area (TPSA) is 66.5 Å². The molecule has 1 aliphatic rings. The van der Waals surface area contributed by atoms with E-state index in [1.807, 2.05) is 27.7 Å². The van der Waals surface area contributed by atoms with Gasteiger partial charge in [-0.2, -0.15) is 0 Å². The molecule has 112 valence electrons. The number of nitrogens with zero attached hydrogens (tertiary/aromatic N) is 1. The molecule has 0 saturated heterocycles. The number of amides is 3. The number of carbonyl (C=O) groups excluding carboxylic acids is 3. The third kappa shape index (κ3) is 4.47. The van der Waals surface area contributed by atoms with E-state index in [0.717, 1.165) is 0 Å². The SMILES string of the molecule is CC(CC(C)N1C(=O)C=CC1=O)C(=O)NCC(C)(C)C. The van der Waals surface area contributed by atoms with Gasteiger partial charge in [-0.1, -0.05) is 27.7 Å². The lowest BCUT2D eigenvalue weighted by atomic mass is 9.95. The highest BCUT2D eigenvalue weighted by molar-refractivity contribution is 6.13. The number of imide groups is 1. The van der Waals surface area contributed by atoms with Crippen LogP contribution in [0.5, 0.6) is 0 Å². The Bertz CT molecular complexity index is 417. The van der Waals surface area contributed by atoms with E-state index < -0.39 is 0 Å². The lowest BCUT2D eigenvalue weighted by Gasteiger charge is -2.26. The molecule has 0 spiro atoms. The zero-order valence-corrected chi connectivity index (χ0v) is 12.9. The molecule has 5 nitrogen and oxygen atoms in total. The zero-order chi connectivity index (χ0) is 15.5. The lowest BCUT2D eigenvalue weighted by Crippen LogP contribution is -2.42. The summed E-state index contributed by atoms with van der Waals surface area (Å²) in [6, 6.07) is -0.277. The molecule has 0 aromatic rings. The van der Waals surface area contributed by atoms with Crippen molar-refractivity contribution in [2.24, 2.45) is 11.3 Å². The van der Waals surface area contributed by atoms with Crippen LogP contribution in [0.2, 0.25) is 0 Å². The van der Waals surface area contributed by atoms with Crippen molar-refractivity contribution in [3.8, 4) is 0 Å². The van der Waals surface area contributed by atoms with Gasteiger partial charge in [0.1, 0.15) is 0 Å². The molecule has 3 amide bonds. The van der Waals surface area contributed by atoms with E-state index in [2.05, 4.69) is 5.32 Å². The summed E-state index contributed by atoms with van der Waals surface area (Å²) in [7, 11) is 0. The van der Waals surface area contributed by atoms with Crippen LogP contribution in [0.4, 0.5) is 0 Å². The Kier molecular flexibility index (Phi) is 5.09. The summed E-state index contributed by atoms with van der Waals surface area (Å²) in [5.41, 5.74) is 0.0335. The molecule has 0 aromatic heterocycles. The molecule has 0 aliphatic carbocycles. The van der Waals surface area contributed by atoms with E-state index in [1.54, 1.807) is 6.92 Å². The molecule has 5 heteroatoms. The molecule has 20 heavy (non-hydrogen) atoms. The summed E-state index contributed by atoms with van der Waals surface area (Å²) >= 11 is 0. The molecule has 2 unspecified atom stereocenters. The van der Waals surface area contributed by atoms with Gasteiger partial charge in [-0.15, -0.1) is 0 Å². The van der Waals surface area contributed by atoms with E-state index in [-0.39, 0.29) is 35.1 Å². The van der Waals surface area contributed by atoms with Crippen molar-refractivity contribution >= 4 is 17.7 Å². The predicted octanol–water partition coefficient (Wildman–Crippen LogP) is 1.49. The fourth-order valence-electron chi connectivity index (χ4n) is 2.10. The second-order valence-electron chi connectivity index (χ2n) is 6.64. The fraction of sp³-hybridized carbons (Fsp3) is 0.667. The second-order valence-corrected chi connectivity index (χ2v) is 6.64. The normalized spacial score (nSPS) is 18.4. The van der Waals surface area contributed by atoms with Gasteiger partial charge in [-0.25, -0.2) is 0 Å². The van der Waals surface area contributed by atoms with Crippen LogP contribution < -0.4 is 5.32 Å². The molecular weight excluding hydrogens is 256 g/mol. The smallest absolute Gasteiger partial charge is 0.253 e. The minimum Gasteiger partial charge on any atom is -0.355 e. The van der Waals surface area contributed by atoms with Crippen molar-refractivity contribution in [3.63, 3.8) is 0 Å². The van der Waals surface area contributed by atoms with Crippen LogP contribution in [0.1, 0.15) is 41.0 Å². The maximum atomic E-state index is 12.0. The predicted molar refractivity (Wildman–Crippen MR) is 76.7 cm³/mol. The van der Waals surface area contributed by atoms with Crippen LogP contribution in [-0.4, -0.2) is 35.2 Å². The Morgan fingerprint density at radius 3 is 2.15 bits per heavy atom. The minimum absolute atomic E-state index is 0.0335. The highest BCUT2D eigenvalue weighted by Gasteiger charge is 2.30. The Morgan fingerprint density at radius 1 is 1.20 bits per heavy atom. The van der Waals surface area contributed by atoms with Gasteiger partial charge in [0.15, 0.2) is 0 Å². The molecule has 2 atom stereocenters. The molecule has 1 heterocycles. The molecule has 0 radical (unpaired) electrons. The molecule has 0 bridgehead atoms. The van der Waals surface area contributed by atoms with E-state index >= 15 is 0 Å². The van der Waals surface area contributed by atoms with Crippen LogP contribution in [0.25, 0.3) is 0 Å². The van der Waals surface area contributed by atoms with Gasteiger partial charge in [-0.05, 0) is 18.8 Å².